The lowest BCUT2D eigenvalue weighted by molar-refractivity contribution is 1.60. The smallest absolute Gasteiger partial charge is 0.0260 e. The van der Waals surface area contributed by atoms with Crippen molar-refractivity contribution in [3.05, 3.63) is 47.0 Å². The third-order valence-corrected chi connectivity index (χ3v) is 1.64. The first-order valence-electron chi connectivity index (χ1n) is 3.21. The van der Waals surface area contributed by atoms with Gasteiger partial charge in [0.15, 0.2) is 0 Å². The monoisotopic (exact) mass is 206 g/mol. The fourth-order valence-corrected chi connectivity index (χ4v) is 1.10. The third-order valence-electron chi connectivity index (χ3n) is 1.14. The van der Waals surface area contributed by atoms with Gasteiger partial charge < -0.3 is 0 Å². The van der Waals surface area contributed by atoms with Gasteiger partial charge in [0.1, 0.15) is 0 Å². The van der Waals surface area contributed by atoms with Gasteiger partial charge in [-0.2, -0.15) is 0 Å². The Hall–Kier alpha value is -1.000. The van der Waals surface area contributed by atoms with Crippen molar-refractivity contribution >= 4 is 15.9 Å². The summed E-state index contributed by atoms with van der Waals surface area (Å²) < 4.78 is 1.05. The van der Waals surface area contributed by atoms with E-state index in [2.05, 4.69) is 34.3 Å². The van der Waals surface area contributed by atoms with Crippen LogP contribution in [0.1, 0.15) is 5.56 Å². The average molecular weight is 207 g/mol. The molecule has 0 aromatic heterocycles. The molecule has 0 aliphatic carbocycles. The first kappa shape index (κ1) is 8.10. The summed E-state index contributed by atoms with van der Waals surface area (Å²) in [5, 5.41) is 0. The second kappa shape index (κ2) is 4.00. The van der Waals surface area contributed by atoms with Gasteiger partial charge in [-0.1, -0.05) is 40.4 Å². The van der Waals surface area contributed by atoms with Crippen LogP contribution in [0.3, 0.4) is 0 Å². The van der Waals surface area contributed by atoms with Crippen molar-refractivity contribution < 1.29 is 0 Å². The maximum absolute atomic E-state index is 3.51. The Bertz CT molecular complexity index is 315. The molecule has 0 N–H and O–H groups in total. The minimum absolute atomic E-state index is 0.999. The minimum atomic E-state index is 0.999. The molecular weight excluding hydrogens is 200 g/mol. The van der Waals surface area contributed by atoms with Gasteiger partial charge in [-0.05, 0) is 24.3 Å². The van der Waals surface area contributed by atoms with Crippen molar-refractivity contribution in [1.82, 2.24) is 0 Å². The van der Waals surface area contributed by atoms with Crippen molar-refractivity contribution in [3.63, 3.8) is 0 Å². The highest BCUT2D eigenvalue weighted by molar-refractivity contribution is 9.10. The fourth-order valence-electron chi connectivity index (χ4n) is 0.701. The maximum atomic E-state index is 3.51. The maximum Gasteiger partial charge on any atom is 0.0260 e. The zero-order chi connectivity index (χ0) is 8.10. The highest BCUT2D eigenvalue weighted by atomic mass is 79.9. The number of halogens is 1. The highest BCUT2D eigenvalue weighted by Gasteiger charge is 1.86. The molecule has 0 aliphatic heterocycles. The lowest BCUT2D eigenvalue weighted by atomic mass is 10.2. The molecule has 1 aromatic carbocycles. The zero-order valence-electron chi connectivity index (χ0n) is 5.97. The van der Waals surface area contributed by atoms with E-state index in [0.717, 1.165) is 10.0 Å². The normalized spacial score (nSPS) is 8.09. The third kappa shape index (κ3) is 2.61. The first-order valence-corrected chi connectivity index (χ1v) is 4.00. The molecule has 0 fully saturated rings. The first-order chi connectivity index (χ1) is 5.33. The van der Waals surface area contributed by atoms with Gasteiger partial charge in [0, 0.05) is 10.0 Å². The number of hydrogen-bond acceptors (Lipinski definition) is 0. The standard InChI is InChI=1S/C10H7Br/c1-2-3-5-9-6-4-7-10(11)8-9/h2,4,6-8H,1H2. The van der Waals surface area contributed by atoms with Crippen molar-refractivity contribution in [2.45, 2.75) is 0 Å². The lowest BCUT2D eigenvalue weighted by Gasteiger charge is -1.89. The van der Waals surface area contributed by atoms with E-state index in [1.54, 1.807) is 6.08 Å². The molecule has 0 nitrogen and oxygen atoms in total. The van der Waals surface area contributed by atoms with Crippen molar-refractivity contribution in [3.8, 4) is 11.8 Å². The van der Waals surface area contributed by atoms with E-state index in [0.29, 0.717) is 0 Å². The Balaban J connectivity index is 2.96. The zero-order valence-corrected chi connectivity index (χ0v) is 7.56. The van der Waals surface area contributed by atoms with Crippen LogP contribution in [0.2, 0.25) is 0 Å². The molecule has 1 aromatic rings. The van der Waals surface area contributed by atoms with E-state index in [1.165, 1.54) is 0 Å². The predicted octanol–water partition coefficient (Wildman–Crippen LogP) is 2.99. The fraction of sp³-hybridized carbons (Fsp3) is 0. The summed E-state index contributed by atoms with van der Waals surface area (Å²) >= 11 is 3.36. The Labute approximate surface area is 75.1 Å². The summed E-state index contributed by atoms with van der Waals surface area (Å²) in [6.07, 6.45) is 1.58. The molecule has 1 heteroatoms. The average Bonchev–Trinajstić information content (AvgIpc) is 2.01. The van der Waals surface area contributed by atoms with Crippen LogP contribution in [-0.4, -0.2) is 0 Å². The summed E-state index contributed by atoms with van der Waals surface area (Å²) in [4.78, 5) is 0. The molecule has 1 rings (SSSR count). The van der Waals surface area contributed by atoms with E-state index < -0.39 is 0 Å². The van der Waals surface area contributed by atoms with Gasteiger partial charge in [0.2, 0.25) is 0 Å². The Morgan fingerprint density at radius 3 is 2.91 bits per heavy atom. The number of rotatable bonds is 0. The largest absolute Gasteiger partial charge is 0.0906 e. The van der Waals surface area contributed by atoms with Gasteiger partial charge in [-0.3, -0.25) is 0 Å². The van der Waals surface area contributed by atoms with Crippen LogP contribution in [-0.2, 0) is 0 Å². The molecule has 0 radical (unpaired) electrons. The molecule has 0 amide bonds. The van der Waals surface area contributed by atoms with Crippen molar-refractivity contribution in [2.75, 3.05) is 0 Å². The molecule has 0 atom stereocenters. The number of hydrogen-bond donors (Lipinski definition) is 0. The second-order valence-electron chi connectivity index (χ2n) is 1.98. The molecule has 54 valence electrons. The molecule has 0 bridgehead atoms. The Morgan fingerprint density at radius 1 is 1.45 bits per heavy atom. The second-order valence-corrected chi connectivity index (χ2v) is 2.90. The molecular formula is C10H7Br. The number of allylic oxidation sites excluding steroid dienone is 1. The van der Waals surface area contributed by atoms with E-state index in [9.17, 15) is 0 Å². The van der Waals surface area contributed by atoms with Crippen LogP contribution in [0, 0.1) is 11.8 Å². The molecule has 0 aliphatic rings. The predicted molar refractivity (Wildman–Crippen MR) is 51.2 cm³/mol. The summed E-state index contributed by atoms with van der Waals surface area (Å²) in [5.74, 6) is 5.72. The molecule has 11 heavy (non-hydrogen) atoms. The van der Waals surface area contributed by atoms with Gasteiger partial charge in [0.25, 0.3) is 0 Å². The highest BCUT2D eigenvalue weighted by Crippen LogP contribution is 2.10. The summed E-state index contributed by atoms with van der Waals surface area (Å²) in [5.41, 5.74) is 0.999. The van der Waals surface area contributed by atoms with Gasteiger partial charge in [-0.25, -0.2) is 0 Å². The van der Waals surface area contributed by atoms with Crippen LogP contribution in [0.5, 0.6) is 0 Å². The van der Waals surface area contributed by atoms with Crippen LogP contribution < -0.4 is 0 Å². The van der Waals surface area contributed by atoms with Gasteiger partial charge in [-0.15, -0.1) is 0 Å². The Morgan fingerprint density at radius 2 is 2.27 bits per heavy atom. The molecule has 0 spiro atoms. The molecule has 0 saturated carbocycles. The number of benzene rings is 1. The Kier molecular flexibility index (Phi) is 2.95. The van der Waals surface area contributed by atoms with E-state index >= 15 is 0 Å². The minimum Gasteiger partial charge on any atom is -0.0906 e. The van der Waals surface area contributed by atoms with Crippen LogP contribution in [0.15, 0.2) is 41.4 Å². The van der Waals surface area contributed by atoms with E-state index in [-0.39, 0.29) is 0 Å². The van der Waals surface area contributed by atoms with Crippen LogP contribution >= 0.6 is 15.9 Å². The van der Waals surface area contributed by atoms with Gasteiger partial charge in [0.05, 0.1) is 0 Å². The molecule has 0 heterocycles. The van der Waals surface area contributed by atoms with Crippen molar-refractivity contribution in [2.24, 2.45) is 0 Å². The quantitative estimate of drug-likeness (QED) is 0.573. The summed E-state index contributed by atoms with van der Waals surface area (Å²) in [7, 11) is 0. The van der Waals surface area contributed by atoms with Gasteiger partial charge >= 0.3 is 0 Å². The SMILES string of the molecule is C=CC#Cc1cccc(Br)c1. The topological polar surface area (TPSA) is 0 Å². The molecule has 0 unspecified atom stereocenters. The van der Waals surface area contributed by atoms with E-state index in [1.807, 2.05) is 24.3 Å². The summed E-state index contributed by atoms with van der Waals surface area (Å²) in [6, 6.07) is 7.86. The van der Waals surface area contributed by atoms with Crippen LogP contribution in [0.4, 0.5) is 0 Å². The van der Waals surface area contributed by atoms with Crippen molar-refractivity contribution in [1.29, 1.82) is 0 Å². The van der Waals surface area contributed by atoms with Crippen LogP contribution in [0.25, 0.3) is 0 Å². The molecule has 0 saturated heterocycles. The lowest BCUT2D eigenvalue weighted by Crippen LogP contribution is -1.71. The summed E-state index contributed by atoms with van der Waals surface area (Å²) in [6.45, 7) is 3.51. The van der Waals surface area contributed by atoms with E-state index in [4.69, 9.17) is 0 Å².